The van der Waals surface area contributed by atoms with E-state index in [1.54, 1.807) is 0 Å². The molecule has 1 aliphatic rings. The van der Waals surface area contributed by atoms with Crippen LogP contribution < -0.4 is 0 Å². The standard InChI is InChI=1S/C23H38Cl2OSi/c1-6-27(7-2,8-3)26-21(22-19(24)10-9-11-20(22)25)13-12-18-14-16-23(4,5)17-15-18/h9-11,18,21H,6-8,12-17H2,1-5H3. The summed E-state index contributed by atoms with van der Waals surface area (Å²) < 4.78 is 6.94. The minimum Gasteiger partial charge on any atom is -0.410 e. The largest absolute Gasteiger partial charge is 0.410 e. The van der Waals surface area contributed by atoms with Gasteiger partial charge in [0.15, 0.2) is 8.32 Å². The molecule has 0 saturated heterocycles. The lowest BCUT2D eigenvalue weighted by atomic mass is 9.72. The fourth-order valence-corrected chi connectivity index (χ4v) is 8.00. The molecule has 2 rings (SSSR count). The number of hydrogen-bond acceptors (Lipinski definition) is 1. The highest BCUT2D eigenvalue weighted by Gasteiger charge is 2.34. The Morgan fingerprint density at radius 3 is 2.04 bits per heavy atom. The van der Waals surface area contributed by atoms with E-state index in [9.17, 15) is 0 Å². The Bertz CT molecular complexity index is 560. The predicted molar refractivity (Wildman–Crippen MR) is 122 cm³/mol. The van der Waals surface area contributed by atoms with Gasteiger partial charge in [-0.1, -0.05) is 63.9 Å². The SMILES string of the molecule is CC[Si](CC)(CC)OC(CCC1CCC(C)(C)CC1)c1c(Cl)cccc1Cl. The molecule has 0 N–H and O–H groups in total. The Morgan fingerprint density at radius 2 is 1.56 bits per heavy atom. The molecule has 0 spiro atoms. The second-order valence-corrected chi connectivity index (χ2v) is 14.7. The van der Waals surface area contributed by atoms with Crippen LogP contribution >= 0.6 is 23.2 Å². The fourth-order valence-electron chi connectivity index (χ4n) is 4.52. The van der Waals surface area contributed by atoms with Crippen LogP contribution in [0.25, 0.3) is 0 Å². The molecule has 0 amide bonds. The maximum absolute atomic E-state index is 6.94. The zero-order chi connectivity index (χ0) is 20.1. The Hall–Kier alpha value is -0.0231. The van der Waals surface area contributed by atoms with Gasteiger partial charge in [0.1, 0.15) is 0 Å². The molecule has 1 nitrogen and oxygen atoms in total. The second-order valence-electron chi connectivity index (χ2n) is 9.17. The lowest BCUT2D eigenvalue weighted by Gasteiger charge is -2.37. The van der Waals surface area contributed by atoms with Crippen LogP contribution in [-0.4, -0.2) is 8.32 Å². The minimum absolute atomic E-state index is 0.0349. The van der Waals surface area contributed by atoms with Crippen molar-refractivity contribution in [2.45, 2.75) is 97.4 Å². The average Bonchev–Trinajstić information content (AvgIpc) is 2.64. The van der Waals surface area contributed by atoms with Gasteiger partial charge in [0, 0.05) is 15.6 Å². The van der Waals surface area contributed by atoms with E-state index >= 15 is 0 Å². The van der Waals surface area contributed by atoms with Crippen LogP contribution in [0.5, 0.6) is 0 Å². The summed E-state index contributed by atoms with van der Waals surface area (Å²) in [6.07, 6.45) is 7.64. The molecular formula is C23H38Cl2OSi. The van der Waals surface area contributed by atoms with Crippen LogP contribution in [0.2, 0.25) is 28.2 Å². The molecule has 27 heavy (non-hydrogen) atoms. The highest BCUT2D eigenvalue weighted by molar-refractivity contribution is 6.73. The first kappa shape index (κ1) is 23.3. The quantitative estimate of drug-likeness (QED) is 0.356. The molecule has 0 bridgehead atoms. The number of hydrogen-bond donors (Lipinski definition) is 0. The van der Waals surface area contributed by atoms with Gasteiger partial charge in [0.2, 0.25) is 0 Å². The summed E-state index contributed by atoms with van der Waals surface area (Å²) in [5.41, 5.74) is 1.54. The Labute approximate surface area is 178 Å². The van der Waals surface area contributed by atoms with Gasteiger partial charge >= 0.3 is 0 Å². The lowest BCUT2D eigenvalue weighted by molar-refractivity contribution is 0.142. The van der Waals surface area contributed by atoms with Crippen molar-refractivity contribution in [2.24, 2.45) is 11.3 Å². The van der Waals surface area contributed by atoms with Crippen molar-refractivity contribution < 1.29 is 4.43 Å². The predicted octanol–water partition coefficient (Wildman–Crippen LogP) is 9.05. The highest BCUT2D eigenvalue weighted by atomic mass is 35.5. The van der Waals surface area contributed by atoms with E-state index in [1.165, 1.54) is 32.1 Å². The topological polar surface area (TPSA) is 9.23 Å². The van der Waals surface area contributed by atoms with E-state index < -0.39 is 8.32 Å². The molecule has 0 aliphatic heterocycles. The van der Waals surface area contributed by atoms with E-state index in [0.717, 1.165) is 46.1 Å². The first-order chi connectivity index (χ1) is 12.8. The minimum atomic E-state index is -1.74. The van der Waals surface area contributed by atoms with Crippen molar-refractivity contribution in [2.75, 3.05) is 0 Å². The Balaban J connectivity index is 2.17. The van der Waals surface area contributed by atoms with E-state index in [0.29, 0.717) is 5.41 Å². The maximum atomic E-state index is 6.94. The Kier molecular flexibility index (Phi) is 8.73. The van der Waals surface area contributed by atoms with Gasteiger partial charge in [0.05, 0.1) is 6.10 Å². The Morgan fingerprint density at radius 1 is 1.04 bits per heavy atom. The molecule has 1 aliphatic carbocycles. The van der Waals surface area contributed by atoms with Crippen LogP contribution in [0.3, 0.4) is 0 Å². The van der Waals surface area contributed by atoms with Gasteiger partial charge in [-0.3, -0.25) is 0 Å². The van der Waals surface area contributed by atoms with Gasteiger partial charge in [-0.2, -0.15) is 0 Å². The van der Waals surface area contributed by atoms with E-state index in [4.69, 9.17) is 27.6 Å². The van der Waals surface area contributed by atoms with Crippen LogP contribution in [0.15, 0.2) is 18.2 Å². The van der Waals surface area contributed by atoms with Crippen molar-refractivity contribution >= 4 is 31.5 Å². The normalized spacial score (nSPS) is 19.2. The third kappa shape index (κ3) is 6.23. The zero-order valence-corrected chi connectivity index (χ0v) is 20.4. The van der Waals surface area contributed by atoms with Gasteiger partial charge in [-0.25, -0.2) is 0 Å². The number of halogens is 2. The molecule has 1 fully saturated rings. The van der Waals surface area contributed by atoms with Gasteiger partial charge in [-0.15, -0.1) is 0 Å². The third-order valence-electron chi connectivity index (χ3n) is 6.94. The molecular weight excluding hydrogens is 391 g/mol. The summed E-state index contributed by atoms with van der Waals surface area (Å²) in [5.74, 6) is 0.811. The van der Waals surface area contributed by atoms with Crippen LogP contribution in [0.1, 0.15) is 84.8 Å². The van der Waals surface area contributed by atoms with Crippen molar-refractivity contribution in [1.82, 2.24) is 0 Å². The summed E-state index contributed by atoms with van der Waals surface area (Å²) in [6, 6.07) is 9.28. The van der Waals surface area contributed by atoms with E-state index in [1.807, 2.05) is 18.2 Å². The van der Waals surface area contributed by atoms with E-state index in [-0.39, 0.29) is 6.10 Å². The second kappa shape index (κ2) is 10.1. The van der Waals surface area contributed by atoms with Crippen LogP contribution in [-0.2, 0) is 4.43 Å². The maximum Gasteiger partial charge on any atom is 0.192 e. The molecule has 0 radical (unpaired) electrons. The van der Waals surface area contributed by atoms with Crippen molar-refractivity contribution in [3.05, 3.63) is 33.8 Å². The van der Waals surface area contributed by atoms with Crippen molar-refractivity contribution in [3.8, 4) is 0 Å². The number of benzene rings is 1. The van der Waals surface area contributed by atoms with Gasteiger partial charge < -0.3 is 4.43 Å². The van der Waals surface area contributed by atoms with Gasteiger partial charge in [-0.05, 0) is 80.1 Å². The van der Waals surface area contributed by atoms with Crippen molar-refractivity contribution in [1.29, 1.82) is 0 Å². The summed E-state index contributed by atoms with van der Waals surface area (Å²) >= 11 is 13.2. The molecule has 1 aromatic rings. The molecule has 4 heteroatoms. The smallest absolute Gasteiger partial charge is 0.192 e. The first-order valence-electron chi connectivity index (χ1n) is 10.9. The monoisotopic (exact) mass is 428 g/mol. The zero-order valence-electron chi connectivity index (χ0n) is 17.9. The third-order valence-corrected chi connectivity index (χ3v) is 12.3. The molecule has 1 unspecified atom stereocenters. The first-order valence-corrected chi connectivity index (χ1v) is 14.2. The summed E-state index contributed by atoms with van der Waals surface area (Å²) in [6.45, 7) is 11.7. The molecule has 154 valence electrons. The molecule has 1 saturated carbocycles. The lowest BCUT2D eigenvalue weighted by Crippen LogP contribution is -2.37. The average molecular weight is 430 g/mol. The van der Waals surface area contributed by atoms with Crippen LogP contribution in [0.4, 0.5) is 0 Å². The fraction of sp³-hybridized carbons (Fsp3) is 0.739. The summed E-state index contributed by atoms with van der Waals surface area (Å²) in [7, 11) is -1.74. The molecule has 0 heterocycles. The summed E-state index contributed by atoms with van der Waals surface area (Å²) in [4.78, 5) is 0. The molecule has 1 atom stereocenters. The molecule has 1 aromatic carbocycles. The van der Waals surface area contributed by atoms with Gasteiger partial charge in [0.25, 0.3) is 0 Å². The highest BCUT2D eigenvalue weighted by Crippen LogP contribution is 2.43. The number of rotatable bonds is 9. The van der Waals surface area contributed by atoms with Crippen molar-refractivity contribution in [3.63, 3.8) is 0 Å². The molecule has 0 aromatic heterocycles. The van der Waals surface area contributed by atoms with Crippen LogP contribution in [0, 0.1) is 11.3 Å². The summed E-state index contributed by atoms with van der Waals surface area (Å²) in [5, 5.41) is 1.51. The van der Waals surface area contributed by atoms with E-state index in [2.05, 4.69) is 34.6 Å².